The molecule has 3 nitrogen and oxygen atoms in total. The lowest BCUT2D eigenvalue weighted by Gasteiger charge is -2.37. The number of halogens is 3. The van der Waals surface area contributed by atoms with Gasteiger partial charge in [0.25, 0.3) is 0 Å². The quantitative estimate of drug-likeness (QED) is 0.746. The molecule has 0 unspecified atom stereocenters. The van der Waals surface area contributed by atoms with Crippen molar-refractivity contribution < 1.29 is 0 Å². The lowest BCUT2D eigenvalue weighted by Crippen LogP contribution is -2.48. The van der Waals surface area contributed by atoms with Crippen LogP contribution in [0.3, 0.4) is 0 Å². The highest BCUT2D eigenvalue weighted by molar-refractivity contribution is 9.11. The molecule has 2 rings (SSSR count). The number of hydrogen-bond donors (Lipinski definition) is 1. The van der Waals surface area contributed by atoms with Gasteiger partial charge in [0.2, 0.25) is 0 Å². The normalized spacial score (nSPS) is 17.2. The summed E-state index contributed by atoms with van der Waals surface area (Å²) in [5.74, 6) is 0. The fourth-order valence-electron chi connectivity index (χ4n) is 2.45. The molecule has 1 aliphatic heterocycles. The van der Waals surface area contributed by atoms with Crippen LogP contribution in [-0.2, 0) is 6.54 Å². The molecule has 20 heavy (non-hydrogen) atoms. The lowest BCUT2D eigenvalue weighted by molar-refractivity contribution is 0.104. The summed E-state index contributed by atoms with van der Waals surface area (Å²) in [6.07, 6.45) is 0. The van der Waals surface area contributed by atoms with Crippen LogP contribution in [0.4, 0.5) is 5.69 Å². The van der Waals surface area contributed by atoms with E-state index < -0.39 is 0 Å². The topological polar surface area (TPSA) is 32.5 Å². The van der Waals surface area contributed by atoms with E-state index in [0.717, 1.165) is 47.4 Å². The highest BCUT2D eigenvalue weighted by atomic mass is 79.9. The van der Waals surface area contributed by atoms with Crippen LogP contribution in [-0.4, -0.2) is 42.0 Å². The first kappa shape index (κ1) is 18.2. The second-order valence-corrected chi connectivity index (χ2v) is 7.14. The summed E-state index contributed by atoms with van der Waals surface area (Å²) < 4.78 is 2.04. The van der Waals surface area contributed by atoms with Crippen molar-refractivity contribution in [3.63, 3.8) is 0 Å². The number of piperazine rings is 1. The van der Waals surface area contributed by atoms with Gasteiger partial charge < -0.3 is 5.73 Å². The largest absolute Gasteiger partial charge is 0.398 e. The monoisotopic (exact) mass is 425 g/mol. The van der Waals surface area contributed by atoms with Crippen LogP contribution < -0.4 is 5.73 Å². The van der Waals surface area contributed by atoms with Crippen molar-refractivity contribution in [3.05, 3.63) is 26.6 Å². The molecule has 1 heterocycles. The number of rotatable bonds is 3. The Labute approximate surface area is 144 Å². The van der Waals surface area contributed by atoms with Crippen molar-refractivity contribution in [2.24, 2.45) is 0 Å². The second kappa shape index (κ2) is 7.99. The number of nitrogens with two attached hydrogens (primary N) is 1. The van der Waals surface area contributed by atoms with Gasteiger partial charge in [-0.25, -0.2) is 0 Å². The molecule has 1 fully saturated rings. The zero-order chi connectivity index (χ0) is 14.0. The molecule has 0 bridgehead atoms. The van der Waals surface area contributed by atoms with Gasteiger partial charge in [-0.3, -0.25) is 9.80 Å². The molecule has 1 aliphatic rings. The summed E-state index contributed by atoms with van der Waals surface area (Å²) in [6.45, 7) is 9.97. The number of nitrogen functional groups attached to an aromatic ring is 1. The van der Waals surface area contributed by atoms with Gasteiger partial charge in [-0.05, 0) is 47.5 Å². The van der Waals surface area contributed by atoms with Crippen molar-refractivity contribution in [1.29, 1.82) is 0 Å². The van der Waals surface area contributed by atoms with Gasteiger partial charge >= 0.3 is 0 Å². The summed E-state index contributed by atoms with van der Waals surface area (Å²) >= 11 is 7.04. The van der Waals surface area contributed by atoms with E-state index in [1.807, 2.05) is 6.07 Å². The minimum atomic E-state index is 0. The van der Waals surface area contributed by atoms with Crippen molar-refractivity contribution in [1.82, 2.24) is 9.80 Å². The van der Waals surface area contributed by atoms with Gasteiger partial charge in [0, 0.05) is 47.7 Å². The van der Waals surface area contributed by atoms with Crippen LogP contribution in [0, 0.1) is 0 Å². The standard InChI is InChI=1S/C14H21Br2N3.ClH/c1-10(2)19-5-3-18(4-6-19)9-11-7-12(15)8-13(16)14(11)17;/h7-8,10H,3-6,9,17H2,1-2H3;1H. The molecular weight excluding hydrogens is 405 g/mol. The number of anilines is 1. The molecule has 0 aromatic heterocycles. The van der Waals surface area contributed by atoms with Crippen molar-refractivity contribution in [2.45, 2.75) is 26.4 Å². The fourth-order valence-corrected chi connectivity index (χ4v) is 3.76. The van der Waals surface area contributed by atoms with Crippen LogP contribution in [0.25, 0.3) is 0 Å². The molecule has 0 spiro atoms. The second-order valence-electron chi connectivity index (χ2n) is 5.37. The van der Waals surface area contributed by atoms with Crippen molar-refractivity contribution in [2.75, 3.05) is 31.9 Å². The molecule has 0 radical (unpaired) electrons. The first-order valence-corrected chi connectivity index (χ1v) is 8.25. The average Bonchev–Trinajstić information content (AvgIpc) is 2.36. The highest BCUT2D eigenvalue weighted by Crippen LogP contribution is 2.29. The molecule has 0 saturated carbocycles. The number of hydrogen-bond acceptors (Lipinski definition) is 3. The summed E-state index contributed by atoms with van der Waals surface area (Å²) in [4.78, 5) is 5.00. The first-order chi connectivity index (χ1) is 8.97. The van der Waals surface area contributed by atoms with Gasteiger partial charge in [-0.2, -0.15) is 0 Å². The summed E-state index contributed by atoms with van der Waals surface area (Å²) in [5, 5.41) is 0. The smallest absolute Gasteiger partial charge is 0.0504 e. The van der Waals surface area contributed by atoms with E-state index in [0.29, 0.717) is 6.04 Å². The maximum Gasteiger partial charge on any atom is 0.0504 e. The molecule has 6 heteroatoms. The maximum absolute atomic E-state index is 6.14. The fraction of sp³-hybridized carbons (Fsp3) is 0.571. The summed E-state index contributed by atoms with van der Waals surface area (Å²) in [7, 11) is 0. The predicted octanol–water partition coefficient (Wildman–Crippen LogP) is 3.74. The SMILES string of the molecule is CC(C)N1CCN(Cc2cc(Br)cc(Br)c2N)CC1.Cl. The highest BCUT2D eigenvalue weighted by Gasteiger charge is 2.19. The Morgan fingerprint density at radius 1 is 1.15 bits per heavy atom. The van der Waals surface area contributed by atoms with Gasteiger partial charge in [-0.15, -0.1) is 12.4 Å². The Balaban J connectivity index is 0.00000200. The summed E-state index contributed by atoms with van der Waals surface area (Å²) in [5.41, 5.74) is 8.19. The summed E-state index contributed by atoms with van der Waals surface area (Å²) in [6, 6.07) is 4.76. The first-order valence-electron chi connectivity index (χ1n) is 6.67. The molecule has 0 aliphatic carbocycles. The van der Waals surface area contributed by atoms with Gasteiger partial charge in [-0.1, -0.05) is 15.9 Å². The Hall–Kier alpha value is 0.190. The van der Waals surface area contributed by atoms with Crippen LogP contribution >= 0.6 is 44.3 Å². The molecular formula is C14H22Br2ClN3. The molecule has 0 amide bonds. The minimum absolute atomic E-state index is 0. The zero-order valence-electron chi connectivity index (χ0n) is 11.9. The van der Waals surface area contributed by atoms with E-state index in [4.69, 9.17) is 5.73 Å². The Morgan fingerprint density at radius 2 is 1.75 bits per heavy atom. The van der Waals surface area contributed by atoms with Crippen LogP contribution in [0.15, 0.2) is 21.1 Å². The molecule has 2 N–H and O–H groups in total. The Bertz CT molecular complexity index is 446. The van der Waals surface area contributed by atoms with Crippen molar-refractivity contribution in [3.8, 4) is 0 Å². The molecule has 1 saturated heterocycles. The third-order valence-electron chi connectivity index (χ3n) is 3.71. The molecule has 0 atom stereocenters. The van der Waals surface area contributed by atoms with Gasteiger partial charge in [0.15, 0.2) is 0 Å². The zero-order valence-corrected chi connectivity index (χ0v) is 15.9. The number of nitrogens with zero attached hydrogens (tertiary/aromatic N) is 2. The Morgan fingerprint density at radius 3 is 2.30 bits per heavy atom. The third-order valence-corrected chi connectivity index (χ3v) is 4.83. The maximum atomic E-state index is 6.14. The van der Waals surface area contributed by atoms with E-state index in [-0.39, 0.29) is 12.4 Å². The molecule has 1 aromatic rings. The lowest BCUT2D eigenvalue weighted by atomic mass is 10.1. The van der Waals surface area contributed by atoms with E-state index in [1.54, 1.807) is 0 Å². The molecule has 1 aromatic carbocycles. The van der Waals surface area contributed by atoms with E-state index in [1.165, 1.54) is 5.56 Å². The van der Waals surface area contributed by atoms with Crippen molar-refractivity contribution >= 4 is 50.0 Å². The Kier molecular flexibility index (Phi) is 7.29. The van der Waals surface area contributed by atoms with E-state index in [9.17, 15) is 0 Å². The van der Waals surface area contributed by atoms with Gasteiger partial charge in [0.1, 0.15) is 0 Å². The van der Waals surface area contributed by atoms with Crippen LogP contribution in [0.1, 0.15) is 19.4 Å². The number of benzene rings is 1. The van der Waals surface area contributed by atoms with Crippen LogP contribution in [0.5, 0.6) is 0 Å². The average molecular weight is 428 g/mol. The third kappa shape index (κ3) is 4.60. The predicted molar refractivity (Wildman–Crippen MR) is 95.5 cm³/mol. The van der Waals surface area contributed by atoms with Gasteiger partial charge in [0.05, 0.1) is 5.69 Å². The van der Waals surface area contributed by atoms with E-state index >= 15 is 0 Å². The molecule has 114 valence electrons. The minimum Gasteiger partial charge on any atom is -0.398 e. The van der Waals surface area contributed by atoms with E-state index in [2.05, 4.69) is 61.6 Å². The van der Waals surface area contributed by atoms with Crippen LogP contribution in [0.2, 0.25) is 0 Å².